The van der Waals surface area contributed by atoms with Gasteiger partial charge in [-0.1, -0.05) is 29.8 Å². The summed E-state index contributed by atoms with van der Waals surface area (Å²) in [4.78, 5) is 11.7. The Labute approximate surface area is 99.7 Å². The Kier molecular flexibility index (Phi) is 3.06. The molecule has 0 unspecified atom stereocenters. The van der Waals surface area contributed by atoms with Gasteiger partial charge in [0.2, 0.25) is 0 Å². The van der Waals surface area contributed by atoms with E-state index in [9.17, 15) is 4.79 Å². The van der Waals surface area contributed by atoms with Gasteiger partial charge in [0.05, 0.1) is 5.69 Å². The number of hydrogen-bond acceptors (Lipinski definition) is 3. The van der Waals surface area contributed by atoms with Crippen LogP contribution in [0.5, 0.6) is 0 Å². The maximum Gasteiger partial charge on any atom is 0.271 e. The molecule has 0 spiro atoms. The normalized spacial score (nSPS) is 10.5. The summed E-state index contributed by atoms with van der Waals surface area (Å²) >= 11 is 0. The first-order chi connectivity index (χ1) is 8.11. The van der Waals surface area contributed by atoms with Crippen molar-refractivity contribution in [3.63, 3.8) is 0 Å². The Bertz CT molecular complexity index is 585. The second-order valence-corrected chi connectivity index (χ2v) is 4.05. The van der Waals surface area contributed by atoms with Gasteiger partial charge in [-0.3, -0.25) is 4.79 Å². The molecule has 2 N–H and O–H groups in total. The van der Waals surface area contributed by atoms with Gasteiger partial charge in [0.1, 0.15) is 0 Å². The molecule has 0 atom stereocenters. The van der Waals surface area contributed by atoms with E-state index in [4.69, 9.17) is 5.73 Å². The number of aromatic nitrogens is 2. The van der Waals surface area contributed by atoms with Crippen LogP contribution in [0.1, 0.15) is 11.1 Å². The van der Waals surface area contributed by atoms with Crippen LogP contribution in [0.3, 0.4) is 0 Å². The predicted molar refractivity (Wildman–Crippen MR) is 67.5 cm³/mol. The van der Waals surface area contributed by atoms with E-state index in [-0.39, 0.29) is 12.1 Å². The van der Waals surface area contributed by atoms with Crippen molar-refractivity contribution in [1.82, 2.24) is 9.78 Å². The van der Waals surface area contributed by atoms with Crippen LogP contribution in [-0.2, 0) is 13.6 Å². The van der Waals surface area contributed by atoms with Gasteiger partial charge in [0.15, 0.2) is 0 Å². The predicted octanol–water partition coefficient (Wildman–Crippen LogP) is 1.21. The largest absolute Gasteiger partial charge is 0.326 e. The molecule has 4 nitrogen and oxygen atoms in total. The fraction of sp³-hybridized carbons (Fsp3) is 0.231. The number of aryl methyl sites for hydroxylation is 2. The van der Waals surface area contributed by atoms with Crippen LogP contribution < -0.4 is 11.3 Å². The Morgan fingerprint density at radius 2 is 1.94 bits per heavy atom. The first kappa shape index (κ1) is 11.5. The van der Waals surface area contributed by atoms with Gasteiger partial charge in [0.25, 0.3) is 5.56 Å². The van der Waals surface area contributed by atoms with E-state index < -0.39 is 0 Å². The van der Waals surface area contributed by atoms with Gasteiger partial charge in [-0.25, -0.2) is 4.68 Å². The number of benzene rings is 1. The highest BCUT2D eigenvalue weighted by Gasteiger charge is 2.06. The molecule has 0 fully saturated rings. The molecule has 0 aliphatic carbocycles. The summed E-state index contributed by atoms with van der Waals surface area (Å²) in [6.07, 6.45) is 0. The van der Waals surface area contributed by atoms with Crippen molar-refractivity contribution in [3.8, 4) is 11.3 Å². The molecule has 2 rings (SSSR count). The standard InChI is InChI=1S/C13H15N3O/c1-9-3-5-10(6-4-9)12-7-11(8-14)13(17)16(2)15-12/h3-7H,8,14H2,1-2H3. The van der Waals surface area contributed by atoms with Gasteiger partial charge in [-0.15, -0.1) is 0 Å². The highest BCUT2D eigenvalue weighted by atomic mass is 16.1. The molecular formula is C13H15N3O. The van der Waals surface area contributed by atoms with E-state index in [0.717, 1.165) is 11.3 Å². The van der Waals surface area contributed by atoms with Crippen molar-refractivity contribution < 1.29 is 0 Å². The summed E-state index contributed by atoms with van der Waals surface area (Å²) in [6, 6.07) is 9.77. The van der Waals surface area contributed by atoms with Crippen LogP contribution in [0.15, 0.2) is 35.1 Å². The molecule has 4 heteroatoms. The van der Waals surface area contributed by atoms with Crippen molar-refractivity contribution in [2.24, 2.45) is 12.8 Å². The minimum absolute atomic E-state index is 0.136. The van der Waals surface area contributed by atoms with E-state index >= 15 is 0 Å². The second-order valence-electron chi connectivity index (χ2n) is 4.05. The molecular weight excluding hydrogens is 214 g/mol. The minimum Gasteiger partial charge on any atom is -0.326 e. The average molecular weight is 229 g/mol. The Balaban J connectivity index is 2.56. The molecule has 0 aliphatic heterocycles. The van der Waals surface area contributed by atoms with Crippen molar-refractivity contribution in [3.05, 3.63) is 51.8 Å². The first-order valence-electron chi connectivity index (χ1n) is 5.46. The lowest BCUT2D eigenvalue weighted by Gasteiger charge is -2.06. The molecule has 17 heavy (non-hydrogen) atoms. The lowest BCUT2D eigenvalue weighted by atomic mass is 10.1. The first-order valence-corrected chi connectivity index (χ1v) is 5.46. The third kappa shape index (κ3) is 2.26. The highest BCUT2D eigenvalue weighted by Crippen LogP contribution is 2.16. The average Bonchev–Trinajstić information content (AvgIpc) is 2.33. The summed E-state index contributed by atoms with van der Waals surface area (Å²) in [7, 11) is 1.64. The maximum atomic E-state index is 11.7. The van der Waals surface area contributed by atoms with E-state index in [2.05, 4.69) is 5.10 Å². The van der Waals surface area contributed by atoms with Crippen LogP contribution in [0.4, 0.5) is 0 Å². The SMILES string of the molecule is Cc1ccc(-c2cc(CN)c(=O)n(C)n2)cc1. The molecule has 88 valence electrons. The van der Waals surface area contributed by atoms with Crippen molar-refractivity contribution in [1.29, 1.82) is 0 Å². The van der Waals surface area contributed by atoms with E-state index in [1.165, 1.54) is 10.2 Å². The van der Waals surface area contributed by atoms with Gasteiger partial charge in [-0.2, -0.15) is 5.10 Å². The topological polar surface area (TPSA) is 60.9 Å². The molecule has 1 aromatic heterocycles. The Hall–Kier alpha value is -1.94. The number of hydrogen-bond donors (Lipinski definition) is 1. The van der Waals surface area contributed by atoms with Crippen LogP contribution in [0.2, 0.25) is 0 Å². The second kappa shape index (κ2) is 4.51. The summed E-state index contributed by atoms with van der Waals surface area (Å²) in [5.41, 5.74) is 8.95. The van der Waals surface area contributed by atoms with Gasteiger partial charge in [-0.05, 0) is 13.0 Å². The highest BCUT2D eigenvalue weighted by molar-refractivity contribution is 5.59. The molecule has 0 aliphatic rings. The molecule has 0 bridgehead atoms. The summed E-state index contributed by atoms with van der Waals surface area (Å²) in [6.45, 7) is 2.26. The zero-order valence-electron chi connectivity index (χ0n) is 9.97. The monoisotopic (exact) mass is 229 g/mol. The van der Waals surface area contributed by atoms with Gasteiger partial charge in [0, 0.05) is 24.7 Å². The molecule has 2 aromatic rings. The Morgan fingerprint density at radius 3 is 2.53 bits per heavy atom. The quantitative estimate of drug-likeness (QED) is 0.842. The van der Waals surface area contributed by atoms with E-state index in [1.54, 1.807) is 13.1 Å². The molecule has 0 amide bonds. The van der Waals surface area contributed by atoms with Crippen LogP contribution in [0, 0.1) is 6.92 Å². The van der Waals surface area contributed by atoms with Crippen LogP contribution in [-0.4, -0.2) is 9.78 Å². The fourth-order valence-corrected chi connectivity index (χ4v) is 1.68. The fourth-order valence-electron chi connectivity index (χ4n) is 1.68. The smallest absolute Gasteiger partial charge is 0.271 e. The summed E-state index contributed by atoms with van der Waals surface area (Å²) in [5, 5.41) is 4.23. The lowest BCUT2D eigenvalue weighted by molar-refractivity contribution is 0.697. The van der Waals surface area contributed by atoms with Crippen LogP contribution in [0.25, 0.3) is 11.3 Å². The minimum atomic E-state index is -0.136. The molecule has 1 heterocycles. The lowest BCUT2D eigenvalue weighted by Crippen LogP contribution is -2.25. The van der Waals surface area contributed by atoms with Crippen LogP contribution >= 0.6 is 0 Å². The number of nitrogens with two attached hydrogens (primary N) is 1. The van der Waals surface area contributed by atoms with E-state index in [1.807, 2.05) is 31.2 Å². The zero-order valence-corrected chi connectivity index (χ0v) is 9.97. The molecule has 0 saturated heterocycles. The van der Waals surface area contributed by atoms with Gasteiger partial charge >= 0.3 is 0 Å². The van der Waals surface area contributed by atoms with Crippen molar-refractivity contribution >= 4 is 0 Å². The van der Waals surface area contributed by atoms with E-state index in [0.29, 0.717) is 5.56 Å². The summed E-state index contributed by atoms with van der Waals surface area (Å²) in [5.74, 6) is 0. The zero-order chi connectivity index (χ0) is 12.4. The van der Waals surface area contributed by atoms with Crippen molar-refractivity contribution in [2.75, 3.05) is 0 Å². The molecule has 0 saturated carbocycles. The third-order valence-electron chi connectivity index (χ3n) is 2.70. The Morgan fingerprint density at radius 1 is 1.29 bits per heavy atom. The molecule has 0 radical (unpaired) electrons. The summed E-state index contributed by atoms with van der Waals surface area (Å²) < 4.78 is 1.33. The third-order valence-corrected chi connectivity index (χ3v) is 2.70. The number of rotatable bonds is 2. The van der Waals surface area contributed by atoms with Gasteiger partial charge < -0.3 is 5.73 Å². The maximum absolute atomic E-state index is 11.7. The van der Waals surface area contributed by atoms with Crippen molar-refractivity contribution in [2.45, 2.75) is 13.5 Å². The number of nitrogens with zero attached hydrogens (tertiary/aromatic N) is 2. The molecule has 1 aromatic carbocycles.